The zero-order valence-electron chi connectivity index (χ0n) is 15.3. The molecule has 0 aliphatic carbocycles. The number of nitro benzene ring substituents is 1. The molecule has 2 rings (SSSR count). The van der Waals surface area contributed by atoms with Crippen LogP contribution in [0.25, 0.3) is 0 Å². The lowest BCUT2D eigenvalue weighted by molar-refractivity contribution is -0.385. The summed E-state index contributed by atoms with van der Waals surface area (Å²) in [5.74, 6) is -1.10. The third-order valence-electron chi connectivity index (χ3n) is 4.08. The lowest BCUT2D eigenvalue weighted by atomic mass is 10.0. The summed E-state index contributed by atoms with van der Waals surface area (Å²) in [7, 11) is 0. The van der Waals surface area contributed by atoms with E-state index in [2.05, 4.69) is 5.32 Å². The fraction of sp³-hybridized carbons (Fsp3) is 0.300. The van der Waals surface area contributed by atoms with Gasteiger partial charge in [-0.1, -0.05) is 43.7 Å². The van der Waals surface area contributed by atoms with Crippen LogP contribution in [0.3, 0.4) is 0 Å². The maximum atomic E-state index is 12.2. The van der Waals surface area contributed by atoms with Gasteiger partial charge in [0.25, 0.3) is 11.6 Å². The van der Waals surface area contributed by atoms with Gasteiger partial charge in [0.2, 0.25) is 0 Å². The zero-order valence-corrected chi connectivity index (χ0v) is 15.3. The van der Waals surface area contributed by atoms with Gasteiger partial charge in [0.1, 0.15) is 0 Å². The minimum absolute atomic E-state index is 0.0745. The van der Waals surface area contributed by atoms with Crippen molar-refractivity contribution in [3.63, 3.8) is 0 Å². The fourth-order valence-corrected chi connectivity index (χ4v) is 2.73. The predicted octanol–water partition coefficient (Wildman–Crippen LogP) is 3.72. The van der Waals surface area contributed by atoms with E-state index >= 15 is 0 Å². The Hall–Kier alpha value is -3.22. The summed E-state index contributed by atoms with van der Waals surface area (Å²) >= 11 is 0. The van der Waals surface area contributed by atoms with E-state index in [4.69, 9.17) is 4.74 Å². The molecule has 1 N–H and O–H groups in total. The first-order valence-corrected chi connectivity index (χ1v) is 8.68. The molecule has 2 aromatic carbocycles. The first kappa shape index (κ1) is 20.1. The standard InChI is InChI=1S/C20H22N2O5/c1-3-7-17(15-8-5-4-6-9-15)21-19(23)13-27-20(24)16-10-11-18(22(25)26)14(2)12-16/h4-6,8-12,17H,3,7,13H2,1-2H3,(H,21,23)/t17-/m1/s1. The Morgan fingerprint density at radius 3 is 2.48 bits per heavy atom. The van der Waals surface area contributed by atoms with Crippen molar-refractivity contribution in [2.45, 2.75) is 32.7 Å². The van der Waals surface area contributed by atoms with Crippen LogP contribution >= 0.6 is 0 Å². The van der Waals surface area contributed by atoms with Crippen LogP contribution in [0.15, 0.2) is 48.5 Å². The van der Waals surface area contributed by atoms with Crippen molar-refractivity contribution in [3.8, 4) is 0 Å². The molecule has 0 radical (unpaired) electrons. The van der Waals surface area contributed by atoms with Gasteiger partial charge in [-0.05, 0) is 31.0 Å². The van der Waals surface area contributed by atoms with Gasteiger partial charge in [-0.2, -0.15) is 0 Å². The van der Waals surface area contributed by atoms with E-state index in [0.717, 1.165) is 18.4 Å². The molecule has 0 aromatic heterocycles. The molecule has 2 aromatic rings. The summed E-state index contributed by atoms with van der Waals surface area (Å²) in [6, 6.07) is 13.4. The molecule has 0 aliphatic rings. The molecule has 0 saturated heterocycles. The highest BCUT2D eigenvalue weighted by atomic mass is 16.6. The van der Waals surface area contributed by atoms with E-state index < -0.39 is 23.4 Å². The van der Waals surface area contributed by atoms with E-state index in [1.165, 1.54) is 25.1 Å². The van der Waals surface area contributed by atoms with Crippen molar-refractivity contribution >= 4 is 17.6 Å². The average Bonchev–Trinajstić information content (AvgIpc) is 2.66. The minimum atomic E-state index is -0.699. The Bertz CT molecular complexity index is 820. The lowest BCUT2D eigenvalue weighted by Crippen LogP contribution is -2.32. The summed E-state index contributed by atoms with van der Waals surface area (Å²) in [4.78, 5) is 34.6. The van der Waals surface area contributed by atoms with Crippen LogP contribution in [-0.2, 0) is 9.53 Å². The number of hydrogen-bond acceptors (Lipinski definition) is 5. The molecule has 1 amide bonds. The summed E-state index contributed by atoms with van der Waals surface area (Å²) in [6.45, 7) is 3.15. The molecule has 0 bridgehead atoms. The van der Waals surface area contributed by atoms with E-state index in [0.29, 0.717) is 5.56 Å². The molecule has 7 heteroatoms. The molecule has 0 spiro atoms. The Morgan fingerprint density at radius 1 is 1.19 bits per heavy atom. The molecule has 27 heavy (non-hydrogen) atoms. The third-order valence-corrected chi connectivity index (χ3v) is 4.08. The second kappa shape index (κ2) is 9.47. The van der Waals surface area contributed by atoms with Crippen molar-refractivity contribution < 1.29 is 19.2 Å². The molecule has 0 unspecified atom stereocenters. The van der Waals surface area contributed by atoms with Gasteiger partial charge in [0, 0.05) is 11.6 Å². The molecule has 142 valence electrons. The number of amides is 1. The number of rotatable bonds is 8. The largest absolute Gasteiger partial charge is 0.452 e. The molecule has 0 fully saturated rings. The predicted molar refractivity (Wildman–Crippen MR) is 100 cm³/mol. The highest BCUT2D eigenvalue weighted by Gasteiger charge is 2.17. The number of carbonyl (C=O) groups is 2. The van der Waals surface area contributed by atoms with Gasteiger partial charge in [-0.3, -0.25) is 14.9 Å². The van der Waals surface area contributed by atoms with E-state index in [9.17, 15) is 19.7 Å². The summed E-state index contributed by atoms with van der Waals surface area (Å²) in [5, 5.41) is 13.7. The molecule has 0 heterocycles. The van der Waals surface area contributed by atoms with Gasteiger partial charge < -0.3 is 10.1 Å². The van der Waals surface area contributed by atoms with Crippen LogP contribution in [0, 0.1) is 17.0 Å². The van der Waals surface area contributed by atoms with Crippen LogP contribution in [0.4, 0.5) is 5.69 Å². The van der Waals surface area contributed by atoms with Gasteiger partial charge in [-0.25, -0.2) is 4.79 Å². The number of esters is 1. The monoisotopic (exact) mass is 370 g/mol. The van der Waals surface area contributed by atoms with Gasteiger partial charge >= 0.3 is 5.97 Å². The molecule has 0 saturated carbocycles. The van der Waals surface area contributed by atoms with E-state index in [1.807, 2.05) is 37.3 Å². The van der Waals surface area contributed by atoms with Crippen LogP contribution in [0.2, 0.25) is 0 Å². The number of nitro groups is 1. The minimum Gasteiger partial charge on any atom is -0.452 e. The molecular weight excluding hydrogens is 348 g/mol. The van der Waals surface area contributed by atoms with Gasteiger partial charge in [0.15, 0.2) is 6.61 Å². The Morgan fingerprint density at radius 2 is 1.89 bits per heavy atom. The average molecular weight is 370 g/mol. The van der Waals surface area contributed by atoms with Crippen molar-refractivity contribution in [2.75, 3.05) is 6.61 Å². The number of aryl methyl sites for hydroxylation is 1. The fourth-order valence-electron chi connectivity index (χ4n) is 2.73. The quantitative estimate of drug-likeness (QED) is 0.434. The SMILES string of the molecule is CCC[C@@H](NC(=O)COC(=O)c1ccc([N+](=O)[O-])c(C)c1)c1ccccc1. The summed E-state index contributed by atoms with van der Waals surface area (Å²) < 4.78 is 5.04. The van der Waals surface area contributed by atoms with Crippen molar-refractivity contribution in [1.29, 1.82) is 0 Å². The van der Waals surface area contributed by atoms with Crippen LogP contribution < -0.4 is 5.32 Å². The van der Waals surface area contributed by atoms with E-state index in [1.54, 1.807) is 0 Å². The second-order valence-corrected chi connectivity index (χ2v) is 6.15. The Labute approximate surface area is 157 Å². The number of carbonyl (C=O) groups excluding carboxylic acids is 2. The van der Waals surface area contributed by atoms with Crippen LogP contribution in [-0.4, -0.2) is 23.4 Å². The zero-order chi connectivity index (χ0) is 19.8. The van der Waals surface area contributed by atoms with Crippen molar-refractivity contribution in [3.05, 3.63) is 75.3 Å². The number of nitrogens with zero attached hydrogens (tertiary/aromatic N) is 1. The lowest BCUT2D eigenvalue weighted by Gasteiger charge is -2.18. The van der Waals surface area contributed by atoms with Crippen molar-refractivity contribution in [1.82, 2.24) is 5.32 Å². The first-order chi connectivity index (χ1) is 12.9. The first-order valence-electron chi connectivity index (χ1n) is 8.68. The number of ether oxygens (including phenoxy) is 1. The van der Waals surface area contributed by atoms with Gasteiger partial charge in [-0.15, -0.1) is 0 Å². The highest BCUT2D eigenvalue weighted by Crippen LogP contribution is 2.20. The van der Waals surface area contributed by atoms with Crippen LogP contribution in [0.5, 0.6) is 0 Å². The van der Waals surface area contributed by atoms with Crippen LogP contribution in [0.1, 0.15) is 47.3 Å². The smallest absolute Gasteiger partial charge is 0.338 e. The van der Waals surface area contributed by atoms with E-state index in [-0.39, 0.29) is 17.3 Å². The molecular formula is C20H22N2O5. The highest BCUT2D eigenvalue weighted by molar-refractivity contribution is 5.91. The topological polar surface area (TPSA) is 98.5 Å². The normalized spacial score (nSPS) is 11.5. The summed E-state index contributed by atoms with van der Waals surface area (Å²) in [5.41, 5.74) is 1.43. The second-order valence-electron chi connectivity index (χ2n) is 6.15. The third kappa shape index (κ3) is 5.64. The Balaban J connectivity index is 1.95. The van der Waals surface area contributed by atoms with Gasteiger partial charge in [0.05, 0.1) is 16.5 Å². The number of hydrogen-bond donors (Lipinski definition) is 1. The maximum Gasteiger partial charge on any atom is 0.338 e. The molecule has 7 nitrogen and oxygen atoms in total. The molecule has 1 atom stereocenters. The Kier molecular flexibility index (Phi) is 7.05. The molecule has 0 aliphatic heterocycles. The number of nitrogens with one attached hydrogen (secondary N) is 1. The maximum absolute atomic E-state index is 12.2. The summed E-state index contributed by atoms with van der Waals surface area (Å²) in [6.07, 6.45) is 1.66. The van der Waals surface area contributed by atoms with Crippen molar-refractivity contribution in [2.24, 2.45) is 0 Å². The number of benzene rings is 2.